The van der Waals surface area contributed by atoms with Gasteiger partial charge in [-0.3, -0.25) is 9.36 Å². The highest BCUT2D eigenvalue weighted by Crippen LogP contribution is 2.24. The van der Waals surface area contributed by atoms with Gasteiger partial charge in [0.2, 0.25) is 5.91 Å². The first-order valence-corrected chi connectivity index (χ1v) is 11.0. The SMILES string of the molecule is CCCC(C)NC(=O)CSc1nnc(Cc2cccs2)n1-c1ccccc1. The average Bonchev–Trinajstić information content (AvgIpc) is 3.31. The Bertz CT molecular complexity index is 846. The Balaban J connectivity index is 1.76. The van der Waals surface area contributed by atoms with Gasteiger partial charge in [0.15, 0.2) is 5.16 Å². The number of carbonyl (C=O) groups excluding carboxylic acids is 1. The largest absolute Gasteiger partial charge is 0.353 e. The summed E-state index contributed by atoms with van der Waals surface area (Å²) < 4.78 is 2.05. The van der Waals surface area contributed by atoms with Crippen molar-refractivity contribution in [2.75, 3.05) is 5.75 Å². The fourth-order valence-corrected chi connectivity index (χ4v) is 4.35. The van der Waals surface area contributed by atoms with Crippen LogP contribution in [0.3, 0.4) is 0 Å². The standard InChI is InChI=1S/C20H24N4OS2/c1-3-8-15(2)21-19(25)14-27-20-23-22-18(13-17-11-7-12-26-17)24(20)16-9-5-4-6-10-16/h4-7,9-12,15H,3,8,13-14H2,1-2H3,(H,21,25). The quantitative estimate of drug-likeness (QED) is 0.544. The molecule has 0 aliphatic rings. The summed E-state index contributed by atoms with van der Waals surface area (Å²) in [6, 6.07) is 14.4. The molecule has 5 nitrogen and oxygen atoms in total. The molecule has 0 bridgehead atoms. The Hall–Kier alpha value is -2.12. The van der Waals surface area contributed by atoms with E-state index in [1.807, 2.05) is 47.9 Å². The van der Waals surface area contributed by atoms with Crippen LogP contribution in [0.25, 0.3) is 5.69 Å². The smallest absolute Gasteiger partial charge is 0.230 e. The maximum Gasteiger partial charge on any atom is 0.230 e. The summed E-state index contributed by atoms with van der Waals surface area (Å²) in [6.07, 6.45) is 2.77. The van der Waals surface area contributed by atoms with E-state index in [9.17, 15) is 4.79 Å². The molecule has 0 spiro atoms. The van der Waals surface area contributed by atoms with Gasteiger partial charge in [0.25, 0.3) is 0 Å². The monoisotopic (exact) mass is 400 g/mol. The van der Waals surface area contributed by atoms with E-state index in [0.29, 0.717) is 5.75 Å². The van der Waals surface area contributed by atoms with Crippen LogP contribution in [0.2, 0.25) is 0 Å². The molecule has 1 N–H and O–H groups in total. The summed E-state index contributed by atoms with van der Waals surface area (Å²) in [5.74, 6) is 1.24. The van der Waals surface area contributed by atoms with E-state index in [-0.39, 0.29) is 11.9 Å². The van der Waals surface area contributed by atoms with E-state index < -0.39 is 0 Å². The van der Waals surface area contributed by atoms with Crippen LogP contribution in [-0.4, -0.2) is 32.5 Å². The highest BCUT2D eigenvalue weighted by atomic mass is 32.2. The highest BCUT2D eigenvalue weighted by Gasteiger charge is 2.17. The van der Waals surface area contributed by atoms with E-state index in [4.69, 9.17) is 0 Å². The third-order valence-corrected chi connectivity index (χ3v) is 5.89. The van der Waals surface area contributed by atoms with Gasteiger partial charge in [-0.05, 0) is 36.9 Å². The molecule has 2 aromatic heterocycles. The molecule has 7 heteroatoms. The van der Waals surface area contributed by atoms with Gasteiger partial charge in [0.05, 0.1) is 5.75 Å². The lowest BCUT2D eigenvalue weighted by atomic mass is 10.2. The van der Waals surface area contributed by atoms with Gasteiger partial charge >= 0.3 is 0 Å². The van der Waals surface area contributed by atoms with E-state index in [1.54, 1.807) is 11.3 Å². The Morgan fingerprint density at radius 1 is 1.22 bits per heavy atom. The van der Waals surface area contributed by atoms with E-state index in [0.717, 1.165) is 35.9 Å². The number of carbonyl (C=O) groups is 1. The number of aromatic nitrogens is 3. The summed E-state index contributed by atoms with van der Waals surface area (Å²) in [4.78, 5) is 13.5. The zero-order valence-electron chi connectivity index (χ0n) is 15.6. The van der Waals surface area contributed by atoms with Crippen molar-refractivity contribution in [1.29, 1.82) is 0 Å². The maximum atomic E-state index is 12.2. The first-order chi connectivity index (χ1) is 13.2. The number of rotatable bonds is 9. The molecule has 1 aromatic carbocycles. The lowest BCUT2D eigenvalue weighted by Gasteiger charge is -2.13. The van der Waals surface area contributed by atoms with Crippen LogP contribution in [0, 0.1) is 0 Å². The number of hydrogen-bond donors (Lipinski definition) is 1. The number of amides is 1. The van der Waals surface area contributed by atoms with E-state index in [2.05, 4.69) is 33.9 Å². The predicted molar refractivity (Wildman–Crippen MR) is 112 cm³/mol. The van der Waals surface area contributed by atoms with Gasteiger partial charge < -0.3 is 5.32 Å². The Morgan fingerprint density at radius 3 is 2.74 bits per heavy atom. The minimum absolute atomic E-state index is 0.0309. The molecule has 142 valence electrons. The topological polar surface area (TPSA) is 59.8 Å². The molecule has 0 fully saturated rings. The fourth-order valence-electron chi connectivity index (χ4n) is 2.87. The number of benzene rings is 1. The second-order valence-electron chi connectivity index (χ2n) is 6.37. The Kier molecular flexibility index (Phi) is 7.06. The molecule has 0 saturated carbocycles. The van der Waals surface area contributed by atoms with Crippen molar-refractivity contribution < 1.29 is 4.79 Å². The lowest BCUT2D eigenvalue weighted by molar-refractivity contribution is -0.119. The maximum absolute atomic E-state index is 12.2. The molecule has 1 unspecified atom stereocenters. The van der Waals surface area contributed by atoms with Crippen LogP contribution in [0.1, 0.15) is 37.4 Å². The van der Waals surface area contributed by atoms with Crippen molar-refractivity contribution in [3.8, 4) is 5.69 Å². The molecule has 27 heavy (non-hydrogen) atoms. The number of thiophene rings is 1. The minimum Gasteiger partial charge on any atom is -0.353 e. The zero-order valence-corrected chi connectivity index (χ0v) is 17.2. The van der Waals surface area contributed by atoms with Crippen LogP contribution in [0.4, 0.5) is 0 Å². The fraction of sp³-hybridized carbons (Fsp3) is 0.350. The van der Waals surface area contributed by atoms with Crippen LogP contribution in [0.15, 0.2) is 53.0 Å². The first kappa shape index (κ1) is 19.6. The summed E-state index contributed by atoms with van der Waals surface area (Å²) in [7, 11) is 0. The minimum atomic E-state index is 0.0309. The third-order valence-electron chi connectivity index (χ3n) is 4.09. The second kappa shape index (κ2) is 9.71. The molecule has 1 atom stereocenters. The molecular formula is C20H24N4OS2. The van der Waals surface area contributed by atoms with Crippen molar-refractivity contribution in [1.82, 2.24) is 20.1 Å². The summed E-state index contributed by atoms with van der Waals surface area (Å²) >= 11 is 3.13. The van der Waals surface area contributed by atoms with Crippen molar-refractivity contribution in [3.63, 3.8) is 0 Å². The third kappa shape index (κ3) is 5.43. The van der Waals surface area contributed by atoms with Crippen molar-refractivity contribution in [3.05, 3.63) is 58.5 Å². The molecule has 3 aromatic rings. The Morgan fingerprint density at radius 2 is 2.04 bits per heavy atom. The number of thioether (sulfide) groups is 1. The molecule has 0 saturated heterocycles. The number of para-hydroxylation sites is 1. The van der Waals surface area contributed by atoms with Gasteiger partial charge in [-0.1, -0.05) is 49.4 Å². The first-order valence-electron chi connectivity index (χ1n) is 9.11. The van der Waals surface area contributed by atoms with Crippen LogP contribution < -0.4 is 5.32 Å². The normalized spacial score (nSPS) is 12.1. The number of nitrogens with one attached hydrogen (secondary N) is 1. The van der Waals surface area contributed by atoms with Gasteiger partial charge in [-0.25, -0.2) is 0 Å². The molecule has 0 radical (unpaired) electrons. The summed E-state index contributed by atoms with van der Waals surface area (Å²) in [6.45, 7) is 4.16. The summed E-state index contributed by atoms with van der Waals surface area (Å²) in [5.41, 5.74) is 1.01. The lowest BCUT2D eigenvalue weighted by Crippen LogP contribution is -2.33. The van der Waals surface area contributed by atoms with Crippen LogP contribution in [0.5, 0.6) is 0 Å². The average molecular weight is 401 g/mol. The van der Waals surface area contributed by atoms with Gasteiger partial charge in [-0.2, -0.15) is 0 Å². The highest BCUT2D eigenvalue weighted by molar-refractivity contribution is 7.99. The molecule has 2 heterocycles. The molecule has 3 rings (SSSR count). The molecule has 0 aliphatic heterocycles. The van der Waals surface area contributed by atoms with Crippen LogP contribution >= 0.6 is 23.1 Å². The predicted octanol–water partition coefficient (Wildman–Crippen LogP) is 4.32. The van der Waals surface area contributed by atoms with Gasteiger partial charge in [0.1, 0.15) is 5.82 Å². The van der Waals surface area contributed by atoms with Crippen molar-refractivity contribution in [2.45, 2.75) is 44.3 Å². The van der Waals surface area contributed by atoms with E-state index >= 15 is 0 Å². The van der Waals surface area contributed by atoms with Crippen LogP contribution in [-0.2, 0) is 11.2 Å². The summed E-state index contributed by atoms with van der Waals surface area (Å²) in [5, 5.41) is 14.6. The second-order valence-corrected chi connectivity index (χ2v) is 8.35. The number of hydrogen-bond acceptors (Lipinski definition) is 5. The molecule has 0 aliphatic carbocycles. The van der Waals surface area contributed by atoms with Crippen molar-refractivity contribution in [2.24, 2.45) is 0 Å². The van der Waals surface area contributed by atoms with Crippen molar-refractivity contribution >= 4 is 29.0 Å². The van der Waals surface area contributed by atoms with E-state index in [1.165, 1.54) is 16.6 Å². The molecule has 1 amide bonds. The van der Waals surface area contributed by atoms with Gasteiger partial charge in [0, 0.05) is 23.0 Å². The molecular weight excluding hydrogens is 376 g/mol. The zero-order chi connectivity index (χ0) is 19.1. The Labute approximate surface area is 168 Å². The van der Waals surface area contributed by atoms with Gasteiger partial charge in [-0.15, -0.1) is 21.5 Å². The number of nitrogens with zero attached hydrogens (tertiary/aromatic N) is 3.